The number of aliphatic hydroxyl groups excluding tert-OH is 1. The Kier molecular flexibility index (Phi) is 5.74. The molecule has 176 valence electrons. The molecule has 0 unspecified atom stereocenters. The number of aliphatic carboxylic acids is 1. The Morgan fingerprint density at radius 3 is 2.65 bits per heavy atom. The van der Waals surface area contributed by atoms with Gasteiger partial charge >= 0.3 is 5.97 Å². The highest BCUT2D eigenvalue weighted by Crippen LogP contribution is 2.35. The quantitative estimate of drug-likeness (QED) is 0.444. The molecule has 0 radical (unpaired) electrons. The molecule has 1 aromatic carbocycles. The number of piperidine rings is 1. The van der Waals surface area contributed by atoms with E-state index in [1.807, 2.05) is 32.2 Å². The van der Waals surface area contributed by atoms with E-state index in [1.54, 1.807) is 10.9 Å². The average molecular weight is 463 g/mol. The zero-order chi connectivity index (χ0) is 23.8. The molecule has 10 heteroatoms. The van der Waals surface area contributed by atoms with Crippen LogP contribution in [0.3, 0.4) is 0 Å². The zero-order valence-electron chi connectivity index (χ0n) is 19.1. The minimum atomic E-state index is -0.745. The van der Waals surface area contributed by atoms with Gasteiger partial charge < -0.3 is 19.6 Å². The van der Waals surface area contributed by atoms with Crippen molar-refractivity contribution < 1.29 is 19.5 Å². The first-order chi connectivity index (χ1) is 16.4. The van der Waals surface area contributed by atoms with Gasteiger partial charge in [-0.15, -0.1) is 0 Å². The predicted molar refractivity (Wildman–Crippen MR) is 125 cm³/mol. The number of hydrogen-bond donors (Lipinski definition) is 2. The monoisotopic (exact) mass is 462 g/mol. The second-order valence-electron chi connectivity index (χ2n) is 8.62. The van der Waals surface area contributed by atoms with Gasteiger partial charge in [0.1, 0.15) is 11.6 Å². The summed E-state index contributed by atoms with van der Waals surface area (Å²) in [6, 6.07) is 6.02. The standard InChI is InChI=1S/C24H26N6O4/c1-14-21(15(2)34-28-14)17-3-4-20-19(11-17)23(29-7-5-16(6-8-29)24(32)33)27-22(26-20)18-12-25-30(13-18)9-10-31/h3-4,11-13,16,31H,5-10H2,1-2H3,(H,32,33). The highest BCUT2D eigenvalue weighted by molar-refractivity contribution is 5.94. The highest BCUT2D eigenvalue weighted by atomic mass is 16.5. The Balaban J connectivity index is 1.62. The molecule has 2 N–H and O–H groups in total. The number of benzene rings is 1. The van der Waals surface area contributed by atoms with Crippen LogP contribution in [0.2, 0.25) is 0 Å². The van der Waals surface area contributed by atoms with Gasteiger partial charge in [-0.2, -0.15) is 5.10 Å². The van der Waals surface area contributed by atoms with Gasteiger partial charge in [0, 0.05) is 30.2 Å². The number of carboxylic acid groups (broad SMARTS) is 1. The molecule has 10 nitrogen and oxygen atoms in total. The fourth-order valence-corrected chi connectivity index (χ4v) is 4.58. The topological polar surface area (TPSA) is 130 Å². The van der Waals surface area contributed by atoms with Gasteiger partial charge in [0.2, 0.25) is 0 Å². The smallest absolute Gasteiger partial charge is 0.306 e. The molecule has 4 heterocycles. The number of carboxylic acids is 1. The van der Waals surface area contributed by atoms with Crippen molar-refractivity contribution >= 4 is 22.7 Å². The number of aromatic nitrogens is 5. The molecule has 1 saturated heterocycles. The minimum absolute atomic E-state index is 0.00600. The van der Waals surface area contributed by atoms with Crippen LogP contribution in [0.5, 0.6) is 0 Å². The molecule has 3 aromatic heterocycles. The second-order valence-corrected chi connectivity index (χ2v) is 8.62. The van der Waals surface area contributed by atoms with E-state index in [-0.39, 0.29) is 12.5 Å². The fraction of sp³-hybridized carbons (Fsp3) is 0.375. The number of hydrogen-bond acceptors (Lipinski definition) is 8. The van der Waals surface area contributed by atoms with Crippen LogP contribution in [-0.2, 0) is 11.3 Å². The molecule has 1 aliphatic rings. The fourth-order valence-electron chi connectivity index (χ4n) is 4.58. The number of carbonyl (C=O) groups is 1. The first-order valence-corrected chi connectivity index (χ1v) is 11.3. The van der Waals surface area contributed by atoms with Gasteiger partial charge in [0.15, 0.2) is 5.82 Å². The second kappa shape index (κ2) is 8.86. The van der Waals surface area contributed by atoms with E-state index < -0.39 is 5.97 Å². The molecule has 0 saturated carbocycles. The molecule has 5 rings (SSSR count). The lowest BCUT2D eigenvalue weighted by Crippen LogP contribution is -2.37. The van der Waals surface area contributed by atoms with Crippen molar-refractivity contribution in [3.05, 3.63) is 42.0 Å². The number of nitrogens with zero attached hydrogens (tertiary/aromatic N) is 6. The Bertz CT molecular complexity index is 1330. The normalized spacial score (nSPS) is 14.7. The van der Waals surface area contributed by atoms with Gasteiger partial charge in [0.25, 0.3) is 0 Å². The predicted octanol–water partition coefficient (Wildman–Crippen LogP) is 3.06. The maximum Gasteiger partial charge on any atom is 0.306 e. The Labute approximate surface area is 195 Å². The van der Waals surface area contributed by atoms with Crippen molar-refractivity contribution in [1.82, 2.24) is 24.9 Å². The maximum absolute atomic E-state index is 11.5. The van der Waals surface area contributed by atoms with Crippen LogP contribution < -0.4 is 4.90 Å². The van der Waals surface area contributed by atoms with Gasteiger partial charge in [-0.3, -0.25) is 9.48 Å². The van der Waals surface area contributed by atoms with Crippen LogP contribution in [0.4, 0.5) is 5.82 Å². The first-order valence-electron chi connectivity index (χ1n) is 11.3. The van der Waals surface area contributed by atoms with E-state index >= 15 is 0 Å². The molecular formula is C24H26N6O4. The third kappa shape index (κ3) is 4.01. The first kappa shape index (κ1) is 22.0. The summed E-state index contributed by atoms with van der Waals surface area (Å²) in [4.78, 5) is 23.3. The van der Waals surface area contributed by atoms with Gasteiger partial charge in [0.05, 0.1) is 42.0 Å². The Hall–Kier alpha value is -3.79. The summed E-state index contributed by atoms with van der Waals surface area (Å²) < 4.78 is 7.02. The lowest BCUT2D eigenvalue weighted by atomic mass is 9.96. The number of fused-ring (bicyclic) bond motifs is 1. The molecule has 4 aromatic rings. The van der Waals surface area contributed by atoms with Crippen LogP contribution in [0, 0.1) is 19.8 Å². The van der Waals surface area contributed by atoms with Crippen molar-refractivity contribution in [2.24, 2.45) is 5.92 Å². The van der Waals surface area contributed by atoms with E-state index in [1.165, 1.54) is 0 Å². The summed E-state index contributed by atoms with van der Waals surface area (Å²) in [6.45, 7) is 5.39. The van der Waals surface area contributed by atoms with Crippen LogP contribution in [0.1, 0.15) is 24.3 Å². The minimum Gasteiger partial charge on any atom is -0.481 e. The number of anilines is 1. The molecule has 0 atom stereocenters. The molecule has 0 amide bonds. The van der Waals surface area contributed by atoms with Crippen LogP contribution in [0.15, 0.2) is 35.1 Å². The van der Waals surface area contributed by atoms with Crippen LogP contribution >= 0.6 is 0 Å². The van der Waals surface area contributed by atoms with Gasteiger partial charge in [-0.25, -0.2) is 9.97 Å². The lowest BCUT2D eigenvalue weighted by Gasteiger charge is -2.32. The van der Waals surface area contributed by atoms with Crippen LogP contribution in [-0.4, -0.2) is 60.8 Å². The van der Waals surface area contributed by atoms with Crippen LogP contribution in [0.25, 0.3) is 33.4 Å². The molecule has 1 fully saturated rings. The molecule has 34 heavy (non-hydrogen) atoms. The third-order valence-corrected chi connectivity index (χ3v) is 6.36. The summed E-state index contributed by atoms with van der Waals surface area (Å²) in [5.41, 5.74) is 4.27. The third-order valence-electron chi connectivity index (χ3n) is 6.36. The summed E-state index contributed by atoms with van der Waals surface area (Å²) >= 11 is 0. The molecule has 0 aliphatic carbocycles. The van der Waals surface area contributed by atoms with Gasteiger partial charge in [-0.05, 0) is 44.4 Å². The number of aryl methyl sites for hydroxylation is 2. The van der Waals surface area contributed by atoms with E-state index in [0.717, 1.165) is 44.9 Å². The molecule has 1 aliphatic heterocycles. The zero-order valence-corrected chi connectivity index (χ0v) is 19.1. The molecule has 0 spiro atoms. The summed E-state index contributed by atoms with van der Waals surface area (Å²) in [5.74, 6) is 0.974. The molecular weight excluding hydrogens is 436 g/mol. The van der Waals surface area contributed by atoms with Crippen molar-refractivity contribution in [3.8, 4) is 22.5 Å². The molecule has 0 bridgehead atoms. The number of aliphatic hydroxyl groups is 1. The maximum atomic E-state index is 11.5. The Morgan fingerprint density at radius 2 is 1.97 bits per heavy atom. The lowest BCUT2D eigenvalue weighted by molar-refractivity contribution is -0.142. The van der Waals surface area contributed by atoms with E-state index in [2.05, 4.69) is 21.2 Å². The van der Waals surface area contributed by atoms with Crippen molar-refractivity contribution in [3.63, 3.8) is 0 Å². The summed E-state index contributed by atoms with van der Waals surface area (Å²) in [6.07, 6.45) is 4.63. The SMILES string of the molecule is Cc1noc(C)c1-c1ccc2nc(-c3cnn(CCO)c3)nc(N3CCC(C(=O)O)CC3)c2c1. The van der Waals surface area contributed by atoms with Gasteiger partial charge in [-0.1, -0.05) is 11.2 Å². The van der Waals surface area contributed by atoms with E-state index in [0.29, 0.717) is 38.3 Å². The van der Waals surface area contributed by atoms with Crippen molar-refractivity contribution in [2.45, 2.75) is 33.2 Å². The Morgan fingerprint density at radius 1 is 1.18 bits per heavy atom. The summed E-state index contributed by atoms with van der Waals surface area (Å²) in [5, 5.41) is 27.9. The average Bonchev–Trinajstić information content (AvgIpc) is 3.44. The largest absolute Gasteiger partial charge is 0.481 e. The number of rotatable bonds is 6. The van der Waals surface area contributed by atoms with Crippen molar-refractivity contribution in [1.29, 1.82) is 0 Å². The highest BCUT2D eigenvalue weighted by Gasteiger charge is 2.27. The van der Waals surface area contributed by atoms with E-state index in [9.17, 15) is 15.0 Å². The summed E-state index contributed by atoms with van der Waals surface area (Å²) in [7, 11) is 0. The van der Waals surface area contributed by atoms with Crippen molar-refractivity contribution in [2.75, 3.05) is 24.6 Å². The van der Waals surface area contributed by atoms with E-state index in [4.69, 9.17) is 14.5 Å².